The van der Waals surface area contributed by atoms with E-state index in [4.69, 9.17) is 9.97 Å². The van der Waals surface area contributed by atoms with E-state index in [1.807, 2.05) is 18.3 Å². The van der Waals surface area contributed by atoms with Gasteiger partial charge in [-0.3, -0.25) is 4.98 Å². The SMILES string of the molecule is c1ccc(-c2nc3ccc4cccnc4c3cc2-c2cc3ccccc3c3ccccc23)cc1. The van der Waals surface area contributed by atoms with Gasteiger partial charge in [0.15, 0.2) is 0 Å². The highest BCUT2D eigenvalue weighted by Gasteiger charge is 2.16. The van der Waals surface area contributed by atoms with E-state index in [1.54, 1.807) is 0 Å². The van der Waals surface area contributed by atoms with Crippen molar-refractivity contribution in [2.24, 2.45) is 0 Å². The second-order valence-electron chi connectivity index (χ2n) is 8.65. The Morgan fingerprint density at radius 3 is 2.09 bits per heavy atom. The van der Waals surface area contributed by atoms with E-state index in [9.17, 15) is 0 Å². The molecule has 0 amide bonds. The summed E-state index contributed by atoms with van der Waals surface area (Å²) in [5.41, 5.74) is 6.35. The summed E-state index contributed by atoms with van der Waals surface area (Å²) in [6.45, 7) is 0. The maximum absolute atomic E-state index is 5.22. The van der Waals surface area contributed by atoms with Gasteiger partial charge >= 0.3 is 0 Å². The number of hydrogen-bond acceptors (Lipinski definition) is 2. The lowest BCUT2D eigenvalue weighted by Gasteiger charge is -2.16. The molecule has 0 unspecified atom stereocenters. The zero-order valence-corrected chi connectivity index (χ0v) is 18.4. The van der Waals surface area contributed by atoms with Crippen molar-refractivity contribution in [3.05, 3.63) is 121 Å². The van der Waals surface area contributed by atoms with Crippen LogP contribution in [0.4, 0.5) is 0 Å². The van der Waals surface area contributed by atoms with E-state index in [2.05, 4.69) is 103 Å². The Hall–Kier alpha value is -4.56. The molecular weight excluding hydrogens is 412 g/mol. The first-order valence-corrected chi connectivity index (χ1v) is 11.5. The van der Waals surface area contributed by atoms with Gasteiger partial charge in [0.2, 0.25) is 0 Å². The van der Waals surface area contributed by atoms with Gasteiger partial charge in [0.25, 0.3) is 0 Å². The molecule has 7 rings (SSSR count). The Morgan fingerprint density at radius 1 is 0.471 bits per heavy atom. The molecule has 0 fully saturated rings. The van der Waals surface area contributed by atoms with Crippen molar-refractivity contribution in [1.82, 2.24) is 9.97 Å². The van der Waals surface area contributed by atoms with Crippen molar-refractivity contribution in [2.75, 3.05) is 0 Å². The third-order valence-electron chi connectivity index (χ3n) is 6.67. The van der Waals surface area contributed by atoms with Crippen LogP contribution in [0.15, 0.2) is 121 Å². The van der Waals surface area contributed by atoms with Crippen molar-refractivity contribution >= 4 is 43.4 Å². The number of benzene rings is 5. The summed E-state index contributed by atoms with van der Waals surface area (Å²) in [5.74, 6) is 0. The topological polar surface area (TPSA) is 25.8 Å². The Kier molecular flexibility index (Phi) is 4.18. The molecule has 2 heteroatoms. The van der Waals surface area contributed by atoms with Crippen molar-refractivity contribution in [2.45, 2.75) is 0 Å². The van der Waals surface area contributed by atoms with Crippen LogP contribution in [0.1, 0.15) is 0 Å². The predicted octanol–water partition coefficient (Wildman–Crippen LogP) is 8.42. The molecule has 0 N–H and O–H groups in total. The maximum atomic E-state index is 5.22. The van der Waals surface area contributed by atoms with Gasteiger partial charge in [-0.15, -0.1) is 0 Å². The molecule has 0 aliphatic heterocycles. The molecule has 0 saturated carbocycles. The molecule has 0 bridgehead atoms. The molecule has 2 nitrogen and oxygen atoms in total. The van der Waals surface area contributed by atoms with Gasteiger partial charge < -0.3 is 0 Å². The van der Waals surface area contributed by atoms with Gasteiger partial charge in [-0.1, -0.05) is 91.0 Å². The van der Waals surface area contributed by atoms with Crippen LogP contribution in [0.5, 0.6) is 0 Å². The molecule has 0 spiro atoms. The normalized spacial score (nSPS) is 11.5. The molecule has 5 aromatic carbocycles. The van der Waals surface area contributed by atoms with E-state index in [1.165, 1.54) is 27.1 Å². The lowest BCUT2D eigenvalue weighted by molar-refractivity contribution is 1.38. The minimum absolute atomic E-state index is 0.957. The van der Waals surface area contributed by atoms with Gasteiger partial charge in [-0.25, -0.2) is 4.98 Å². The Morgan fingerprint density at radius 2 is 1.21 bits per heavy atom. The van der Waals surface area contributed by atoms with Crippen LogP contribution in [-0.4, -0.2) is 9.97 Å². The van der Waals surface area contributed by atoms with Crippen molar-refractivity contribution in [3.63, 3.8) is 0 Å². The van der Waals surface area contributed by atoms with Crippen LogP contribution in [0.25, 0.3) is 65.7 Å². The summed E-state index contributed by atoms with van der Waals surface area (Å²) in [7, 11) is 0. The lowest BCUT2D eigenvalue weighted by Crippen LogP contribution is -1.94. The van der Waals surface area contributed by atoms with E-state index < -0.39 is 0 Å². The number of pyridine rings is 2. The summed E-state index contributed by atoms with van der Waals surface area (Å²) in [5, 5.41) is 7.18. The van der Waals surface area contributed by atoms with Crippen LogP contribution in [0.2, 0.25) is 0 Å². The summed E-state index contributed by atoms with van der Waals surface area (Å²) in [4.78, 5) is 9.94. The fourth-order valence-corrected chi connectivity index (χ4v) is 5.09. The van der Waals surface area contributed by atoms with Crippen molar-refractivity contribution in [3.8, 4) is 22.4 Å². The van der Waals surface area contributed by atoms with Crippen molar-refractivity contribution in [1.29, 1.82) is 0 Å². The largest absolute Gasteiger partial charge is 0.256 e. The van der Waals surface area contributed by atoms with Gasteiger partial charge in [-0.05, 0) is 51.4 Å². The number of aromatic nitrogens is 2. The van der Waals surface area contributed by atoms with E-state index in [-0.39, 0.29) is 0 Å². The predicted molar refractivity (Wildman–Crippen MR) is 143 cm³/mol. The number of rotatable bonds is 2. The zero-order chi connectivity index (χ0) is 22.5. The molecule has 158 valence electrons. The molecule has 0 radical (unpaired) electrons. The van der Waals surface area contributed by atoms with Crippen LogP contribution < -0.4 is 0 Å². The molecular formula is C32H20N2. The third kappa shape index (κ3) is 2.89. The second kappa shape index (κ2) is 7.50. The zero-order valence-electron chi connectivity index (χ0n) is 18.4. The molecule has 0 aliphatic rings. The average molecular weight is 433 g/mol. The molecule has 7 aromatic rings. The summed E-state index contributed by atoms with van der Waals surface area (Å²) in [6, 6.07) is 40.7. The first kappa shape index (κ1) is 19.0. The minimum atomic E-state index is 0.957. The smallest absolute Gasteiger partial charge is 0.0796 e. The minimum Gasteiger partial charge on any atom is -0.256 e. The molecule has 0 saturated heterocycles. The van der Waals surface area contributed by atoms with Crippen LogP contribution in [0, 0.1) is 0 Å². The molecule has 34 heavy (non-hydrogen) atoms. The summed E-state index contributed by atoms with van der Waals surface area (Å²) in [6.07, 6.45) is 1.86. The van der Waals surface area contributed by atoms with Gasteiger partial charge in [0.1, 0.15) is 0 Å². The molecule has 0 aliphatic carbocycles. The number of nitrogens with zero attached hydrogens (tertiary/aromatic N) is 2. The monoisotopic (exact) mass is 432 g/mol. The summed E-state index contributed by atoms with van der Waals surface area (Å²) >= 11 is 0. The van der Waals surface area contributed by atoms with Crippen LogP contribution >= 0.6 is 0 Å². The first-order chi connectivity index (χ1) is 16.9. The summed E-state index contributed by atoms with van der Waals surface area (Å²) < 4.78 is 0. The Balaban J connectivity index is 1.67. The standard InChI is InChI=1S/C32H20N2/c1-2-9-21(10-3-1)32-28(20-29-30(34-32)17-16-22-12-8-18-33-31(22)29)27-19-23-11-4-5-13-24(23)25-14-6-7-15-26(25)27/h1-20H. The van der Waals surface area contributed by atoms with Crippen LogP contribution in [-0.2, 0) is 0 Å². The quantitative estimate of drug-likeness (QED) is 0.256. The van der Waals surface area contributed by atoms with E-state index >= 15 is 0 Å². The highest BCUT2D eigenvalue weighted by atomic mass is 14.7. The van der Waals surface area contributed by atoms with Crippen molar-refractivity contribution < 1.29 is 0 Å². The van der Waals surface area contributed by atoms with Gasteiger partial charge in [-0.2, -0.15) is 0 Å². The highest BCUT2D eigenvalue weighted by molar-refractivity contribution is 6.16. The maximum Gasteiger partial charge on any atom is 0.0796 e. The average Bonchev–Trinajstić information content (AvgIpc) is 2.92. The fourth-order valence-electron chi connectivity index (χ4n) is 5.09. The Bertz CT molecular complexity index is 1850. The van der Waals surface area contributed by atoms with Crippen LogP contribution in [0.3, 0.4) is 0 Å². The second-order valence-corrected chi connectivity index (χ2v) is 8.65. The number of fused-ring (bicyclic) bond motifs is 6. The highest BCUT2D eigenvalue weighted by Crippen LogP contribution is 2.40. The van der Waals surface area contributed by atoms with Gasteiger partial charge in [0, 0.05) is 28.1 Å². The van der Waals surface area contributed by atoms with Gasteiger partial charge in [0.05, 0.1) is 16.7 Å². The third-order valence-corrected chi connectivity index (χ3v) is 6.67. The fraction of sp³-hybridized carbons (Fsp3) is 0. The van der Waals surface area contributed by atoms with E-state index in [0.717, 1.165) is 38.6 Å². The molecule has 2 aromatic heterocycles. The molecule has 0 atom stereocenters. The lowest BCUT2D eigenvalue weighted by atomic mass is 9.90. The number of hydrogen-bond donors (Lipinski definition) is 0. The van der Waals surface area contributed by atoms with E-state index in [0.29, 0.717) is 0 Å². The molecule has 2 heterocycles. The first-order valence-electron chi connectivity index (χ1n) is 11.5. The Labute approximate surface area is 197 Å².